The molecule has 1 heterocycles. The van der Waals surface area contributed by atoms with Crippen LogP contribution in [-0.4, -0.2) is 24.3 Å². The molecule has 0 aliphatic rings. The summed E-state index contributed by atoms with van der Waals surface area (Å²) in [6, 6.07) is 7.93. The lowest BCUT2D eigenvalue weighted by Crippen LogP contribution is -2.24. The van der Waals surface area contributed by atoms with Crippen molar-refractivity contribution in [3.05, 3.63) is 74.2 Å². The molecule has 9 nitrogen and oxygen atoms in total. The highest BCUT2D eigenvalue weighted by Gasteiger charge is 2.37. The van der Waals surface area contributed by atoms with Crippen LogP contribution in [0.25, 0.3) is 0 Å². The van der Waals surface area contributed by atoms with Gasteiger partial charge < -0.3 is 9.72 Å². The number of aryl methyl sites for hydroxylation is 1. The number of aromatic amines is 1. The summed E-state index contributed by atoms with van der Waals surface area (Å²) in [6.45, 7) is 4.09. The molecule has 1 aromatic carbocycles. The van der Waals surface area contributed by atoms with Gasteiger partial charge in [-0.05, 0) is 18.9 Å². The first-order valence-electron chi connectivity index (χ1n) is 7.89. The molecule has 10 heteroatoms. The smallest absolute Gasteiger partial charge is 0.353 e. The lowest BCUT2D eigenvalue weighted by Gasteiger charge is -2.12. The number of nitrogens with zero attached hydrogens (tertiary/aromatic N) is 1. The molecule has 0 bridgehead atoms. The number of ether oxygens (including phenoxy) is 1. The van der Waals surface area contributed by atoms with Crippen molar-refractivity contribution in [3.63, 3.8) is 0 Å². The Morgan fingerprint density at radius 3 is 2.48 bits per heavy atom. The molecule has 0 spiro atoms. The quantitative estimate of drug-likeness (QED) is 0.433. The van der Waals surface area contributed by atoms with Gasteiger partial charge in [0.1, 0.15) is 12.2 Å². The Balaban J connectivity index is 2.76. The molecule has 1 aromatic heterocycles. The van der Waals surface area contributed by atoms with Crippen molar-refractivity contribution >= 4 is 21.5 Å². The second-order valence-corrected chi connectivity index (χ2v) is 7.54. The standard InChI is InChI=1S/C17H17N2O7S/c1-3-9-26-17(21)13-11(2)18-16(20)14(19(22)23)15(13)27(24,25)10-12-7-5-4-6-8-12/h4-9H,3,10H2,1-2H3,(H,18,20). The Labute approximate surface area is 155 Å². The Hall–Kier alpha value is -3.01. The summed E-state index contributed by atoms with van der Waals surface area (Å²) in [7, 11) is -4.41. The monoisotopic (exact) mass is 393 g/mol. The van der Waals surface area contributed by atoms with Crippen LogP contribution in [0, 0.1) is 23.6 Å². The maximum Gasteiger partial charge on any atom is 0.353 e. The molecule has 2 aromatic rings. The van der Waals surface area contributed by atoms with E-state index in [1.54, 1.807) is 25.1 Å². The largest absolute Gasteiger partial charge is 0.455 e. The number of nitrogens with one attached hydrogen (secondary N) is 1. The number of pyridine rings is 1. The molecule has 0 aliphatic heterocycles. The van der Waals surface area contributed by atoms with Gasteiger partial charge in [0.05, 0.1) is 10.7 Å². The minimum absolute atomic E-state index is 0.133. The molecular formula is C17H17N2O7S. The number of esters is 1. The number of hydrogen-bond acceptors (Lipinski definition) is 7. The third-order valence-electron chi connectivity index (χ3n) is 3.59. The van der Waals surface area contributed by atoms with Crippen molar-refractivity contribution in [1.82, 2.24) is 4.98 Å². The van der Waals surface area contributed by atoms with Gasteiger partial charge in [0.25, 0.3) is 0 Å². The molecule has 143 valence electrons. The topological polar surface area (TPSA) is 136 Å². The fourth-order valence-electron chi connectivity index (χ4n) is 2.48. The van der Waals surface area contributed by atoms with E-state index in [4.69, 9.17) is 4.74 Å². The van der Waals surface area contributed by atoms with Gasteiger partial charge in [0.2, 0.25) is 0 Å². The van der Waals surface area contributed by atoms with Crippen LogP contribution < -0.4 is 5.56 Å². The Bertz CT molecular complexity index is 1030. The first-order valence-corrected chi connectivity index (χ1v) is 9.54. The molecule has 0 atom stereocenters. The second-order valence-electron chi connectivity index (χ2n) is 5.61. The van der Waals surface area contributed by atoms with E-state index < -0.39 is 48.2 Å². The van der Waals surface area contributed by atoms with Gasteiger partial charge in [-0.2, -0.15) is 0 Å². The minimum Gasteiger partial charge on any atom is -0.455 e. The van der Waals surface area contributed by atoms with E-state index in [1.807, 2.05) is 0 Å². The van der Waals surface area contributed by atoms with Crippen LogP contribution in [0.4, 0.5) is 5.69 Å². The van der Waals surface area contributed by atoms with Crippen molar-refractivity contribution in [1.29, 1.82) is 0 Å². The molecule has 0 aliphatic carbocycles. The highest BCUT2D eigenvalue weighted by Crippen LogP contribution is 2.29. The number of nitro groups is 1. The van der Waals surface area contributed by atoms with Gasteiger partial charge in [0, 0.05) is 5.69 Å². The zero-order valence-electron chi connectivity index (χ0n) is 14.6. The Kier molecular flexibility index (Phi) is 6.11. The molecule has 0 saturated carbocycles. The molecule has 0 fully saturated rings. The van der Waals surface area contributed by atoms with E-state index >= 15 is 0 Å². The number of hydrogen-bond donors (Lipinski definition) is 1. The minimum atomic E-state index is -4.41. The zero-order valence-corrected chi connectivity index (χ0v) is 15.4. The maximum absolute atomic E-state index is 13.0. The zero-order chi connectivity index (χ0) is 20.2. The van der Waals surface area contributed by atoms with Crippen LogP contribution in [0.3, 0.4) is 0 Å². The normalized spacial score (nSPS) is 11.2. The summed E-state index contributed by atoms with van der Waals surface area (Å²) in [4.78, 5) is 35.9. The first-order chi connectivity index (χ1) is 12.7. The summed E-state index contributed by atoms with van der Waals surface area (Å²) in [5.74, 6) is -1.71. The Morgan fingerprint density at radius 1 is 1.30 bits per heavy atom. The average Bonchev–Trinajstić information content (AvgIpc) is 2.59. The van der Waals surface area contributed by atoms with Crippen molar-refractivity contribution in [3.8, 4) is 0 Å². The van der Waals surface area contributed by atoms with Crippen molar-refractivity contribution in [2.45, 2.75) is 30.9 Å². The van der Waals surface area contributed by atoms with E-state index in [-0.39, 0.29) is 5.69 Å². The summed E-state index contributed by atoms with van der Waals surface area (Å²) in [6.07, 6.45) is 0.350. The predicted octanol–water partition coefficient (Wildman–Crippen LogP) is 2.29. The van der Waals surface area contributed by atoms with E-state index in [1.165, 1.54) is 19.1 Å². The average molecular weight is 393 g/mol. The van der Waals surface area contributed by atoms with Crippen LogP contribution in [0.5, 0.6) is 0 Å². The van der Waals surface area contributed by atoms with E-state index in [9.17, 15) is 28.1 Å². The number of benzene rings is 1. The molecule has 1 radical (unpaired) electrons. The lowest BCUT2D eigenvalue weighted by molar-refractivity contribution is -0.389. The SMILES string of the molecule is CC[CH]OC(=O)c1c(C)[nH]c(=O)c([N+](=O)[O-])c1S(=O)(=O)Cc1ccccc1. The van der Waals surface area contributed by atoms with Gasteiger partial charge in [0.15, 0.2) is 14.7 Å². The fourth-order valence-corrected chi connectivity index (χ4v) is 4.27. The van der Waals surface area contributed by atoms with Crippen LogP contribution in [0.2, 0.25) is 0 Å². The number of carbonyl (C=O) groups excluding carboxylic acids is 1. The molecule has 2 rings (SSSR count). The molecule has 0 amide bonds. The molecule has 0 saturated heterocycles. The molecular weight excluding hydrogens is 376 g/mol. The summed E-state index contributed by atoms with van der Waals surface area (Å²) in [5, 5.41) is 11.4. The number of H-pyrrole nitrogens is 1. The second kappa shape index (κ2) is 8.12. The van der Waals surface area contributed by atoms with Crippen LogP contribution in [0.15, 0.2) is 40.0 Å². The van der Waals surface area contributed by atoms with Gasteiger partial charge in [-0.25, -0.2) is 13.2 Å². The summed E-state index contributed by atoms with van der Waals surface area (Å²) >= 11 is 0. The van der Waals surface area contributed by atoms with Gasteiger partial charge in [-0.1, -0.05) is 37.3 Å². The first kappa shape index (κ1) is 20.3. The molecule has 27 heavy (non-hydrogen) atoms. The third-order valence-corrected chi connectivity index (χ3v) is 5.32. The van der Waals surface area contributed by atoms with Crippen LogP contribution in [-0.2, 0) is 20.3 Å². The van der Waals surface area contributed by atoms with Crippen LogP contribution in [0.1, 0.15) is 35.0 Å². The fraction of sp³-hybridized carbons (Fsp3) is 0.235. The molecule has 0 unspecified atom stereocenters. The third kappa shape index (κ3) is 4.40. The van der Waals surface area contributed by atoms with E-state index in [2.05, 4.69) is 4.98 Å². The highest BCUT2D eigenvalue weighted by molar-refractivity contribution is 7.90. The van der Waals surface area contributed by atoms with E-state index in [0.717, 1.165) is 6.61 Å². The highest BCUT2D eigenvalue weighted by atomic mass is 32.2. The van der Waals surface area contributed by atoms with Gasteiger partial charge in [-0.3, -0.25) is 14.9 Å². The van der Waals surface area contributed by atoms with Gasteiger partial charge in [-0.15, -0.1) is 0 Å². The van der Waals surface area contributed by atoms with Crippen molar-refractivity contribution in [2.75, 3.05) is 0 Å². The van der Waals surface area contributed by atoms with Crippen molar-refractivity contribution < 1.29 is 22.9 Å². The Morgan fingerprint density at radius 2 is 1.93 bits per heavy atom. The number of aromatic nitrogens is 1. The van der Waals surface area contributed by atoms with E-state index in [0.29, 0.717) is 12.0 Å². The van der Waals surface area contributed by atoms with Crippen molar-refractivity contribution in [2.24, 2.45) is 0 Å². The molecule has 1 N–H and O–H groups in total. The maximum atomic E-state index is 13.0. The summed E-state index contributed by atoms with van der Waals surface area (Å²) in [5.41, 5.74) is -2.75. The van der Waals surface area contributed by atoms with Crippen LogP contribution >= 0.6 is 0 Å². The number of rotatable bonds is 7. The summed E-state index contributed by atoms with van der Waals surface area (Å²) < 4.78 is 30.8. The number of sulfone groups is 1. The predicted molar refractivity (Wildman–Crippen MR) is 95.8 cm³/mol. The lowest BCUT2D eigenvalue weighted by atomic mass is 10.2. The van der Waals surface area contributed by atoms with Gasteiger partial charge >= 0.3 is 17.2 Å². The number of carbonyl (C=O) groups is 1.